The molecule has 4 nitrogen and oxygen atoms in total. The van der Waals surface area contributed by atoms with Gasteiger partial charge in [0.15, 0.2) is 5.60 Å². The number of nitrogens with one attached hydrogen (secondary N) is 1. The number of cyclic esters (lactones) is 1. The van der Waals surface area contributed by atoms with Gasteiger partial charge in [-0.3, -0.25) is 5.32 Å². The molecule has 1 heterocycles. The topological polar surface area (TPSA) is 58.6 Å². The minimum absolute atomic E-state index is 0.0846. The number of amides is 1. The van der Waals surface area contributed by atoms with E-state index in [2.05, 4.69) is 17.2 Å². The van der Waals surface area contributed by atoms with Crippen LogP contribution < -0.4 is 5.32 Å². The lowest BCUT2D eigenvalue weighted by Gasteiger charge is -2.32. The number of rotatable bonds is 0. The molecule has 1 fully saturated rings. The Balaban J connectivity index is 2.13. The molecular formula is C14H12ClNO3. The largest absolute Gasteiger partial charge is 0.506 e. The number of phenolic OH excluding ortho intramolecular Hbond substituents is 1. The van der Waals surface area contributed by atoms with Gasteiger partial charge < -0.3 is 9.84 Å². The molecule has 1 aliphatic heterocycles. The Hall–Kier alpha value is -1.86. The highest BCUT2D eigenvalue weighted by Gasteiger charge is 2.38. The van der Waals surface area contributed by atoms with Crippen LogP contribution in [0.2, 0.25) is 5.02 Å². The molecule has 1 aliphatic carbocycles. The smallest absolute Gasteiger partial charge is 0.413 e. The van der Waals surface area contributed by atoms with Gasteiger partial charge in [-0.1, -0.05) is 23.4 Å². The standard InChI is InChI=1S/C14H12ClNO3/c1-14(5-4-8-2-3-8)10-6-9(15)7-11(17)12(10)16-13(18)19-14/h6-8,17H,2-3H2,1H3,(H,16,18)/t14-/m0/s1. The summed E-state index contributed by atoms with van der Waals surface area (Å²) in [5.41, 5.74) is -0.193. The summed E-state index contributed by atoms with van der Waals surface area (Å²) in [5.74, 6) is 6.39. The van der Waals surface area contributed by atoms with Crippen LogP contribution in [0.15, 0.2) is 12.1 Å². The molecule has 5 heteroatoms. The third kappa shape index (κ3) is 2.22. The van der Waals surface area contributed by atoms with Crippen molar-refractivity contribution in [2.24, 2.45) is 5.92 Å². The summed E-state index contributed by atoms with van der Waals surface area (Å²) in [4.78, 5) is 11.6. The van der Waals surface area contributed by atoms with Crippen LogP contribution in [0.1, 0.15) is 25.3 Å². The molecular weight excluding hydrogens is 266 g/mol. The van der Waals surface area contributed by atoms with Gasteiger partial charge in [-0.05, 0) is 25.8 Å². The predicted octanol–water partition coefficient (Wildman–Crippen LogP) is 3.24. The molecule has 0 saturated heterocycles. The number of halogens is 1. The zero-order chi connectivity index (χ0) is 13.6. The van der Waals surface area contributed by atoms with E-state index < -0.39 is 11.7 Å². The van der Waals surface area contributed by atoms with E-state index in [9.17, 15) is 9.90 Å². The maximum Gasteiger partial charge on any atom is 0.413 e. The fourth-order valence-electron chi connectivity index (χ4n) is 2.03. The Kier molecular flexibility index (Phi) is 2.61. The highest BCUT2D eigenvalue weighted by atomic mass is 35.5. The first-order valence-electron chi connectivity index (χ1n) is 6.03. The molecule has 1 atom stereocenters. The lowest BCUT2D eigenvalue weighted by Crippen LogP contribution is -2.36. The van der Waals surface area contributed by atoms with E-state index in [1.165, 1.54) is 6.07 Å². The van der Waals surface area contributed by atoms with Crippen LogP contribution in [0.3, 0.4) is 0 Å². The van der Waals surface area contributed by atoms with Crippen LogP contribution in [0.4, 0.5) is 10.5 Å². The highest BCUT2D eigenvalue weighted by molar-refractivity contribution is 6.31. The Labute approximate surface area is 115 Å². The van der Waals surface area contributed by atoms with Crippen LogP contribution in [-0.4, -0.2) is 11.2 Å². The molecule has 0 unspecified atom stereocenters. The van der Waals surface area contributed by atoms with E-state index in [1.54, 1.807) is 13.0 Å². The van der Waals surface area contributed by atoms with E-state index in [-0.39, 0.29) is 5.75 Å². The van der Waals surface area contributed by atoms with Gasteiger partial charge in [-0.25, -0.2) is 4.79 Å². The van der Waals surface area contributed by atoms with Crippen molar-refractivity contribution in [1.82, 2.24) is 0 Å². The van der Waals surface area contributed by atoms with Gasteiger partial charge in [0.25, 0.3) is 0 Å². The Morgan fingerprint density at radius 1 is 1.53 bits per heavy atom. The van der Waals surface area contributed by atoms with Gasteiger partial charge in [0, 0.05) is 22.6 Å². The number of aromatic hydroxyl groups is 1. The molecule has 1 saturated carbocycles. The number of hydrogen-bond acceptors (Lipinski definition) is 3. The molecule has 0 spiro atoms. The number of ether oxygens (including phenoxy) is 1. The van der Waals surface area contributed by atoms with Gasteiger partial charge in [-0.15, -0.1) is 0 Å². The fraction of sp³-hybridized carbons (Fsp3) is 0.357. The summed E-state index contributed by atoms with van der Waals surface area (Å²) in [7, 11) is 0. The second-order valence-corrected chi connectivity index (χ2v) is 5.38. The summed E-state index contributed by atoms with van der Waals surface area (Å²) in [6.07, 6.45) is 1.55. The van der Waals surface area contributed by atoms with Crippen LogP contribution in [0, 0.1) is 17.8 Å². The van der Waals surface area contributed by atoms with Gasteiger partial charge in [0.05, 0.1) is 5.69 Å². The van der Waals surface area contributed by atoms with E-state index in [0.29, 0.717) is 22.2 Å². The molecule has 2 aliphatic rings. The van der Waals surface area contributed by atoms with E-state index in [0.717, 1.165) is 12.8 Å². The Morgan fingerprint density at radius 3 is 2.95 bits per heavy atom. The van der Waals surface area contributed by atoms with Crippen LogP contribution in [-0.2, 0) is 10.3 Å². The maximum atomic E-state index is 11.6. The first-order valence-corrected chi connectivity index (χ1v) is 6.41. The third-order valence-corrected chi connectivity index (χ3v) is 3.43. The van der Waals surface area contributed by atoms with Crippen molar-refractivity contribution in [3.05, 3.63) is 22.7 Å². The molecule has 3 rings (SSSR count). The first-order chi connectivity index (χ1) is 8.98. The van der Waals surface area contributed by atoms with Gasteiger partial charge in [-0.2, -0.15) is 0 Å². The summed E-state index contributed by atoms with van der Waals surface area (Å²) in [6, 6.07) is 3.03. The van der Waals surface area contributed by atoms with Crippen molar-refractivity contribution in [3.63, 3.8) is 0 Å². The minimum atomic E-state index is -1.08. The number of phenols is 1. The zero-order valence-electron chi connectivity index (χ0n) is 10.3. The Morgan fingerprint density at radius 2 is 2.26 bits per heavy atom. The lowest BCUT2D eigenvalue weighted by atomic mass is 9.92. The second-order valence-electron chi connectivity index (χ2n) is 4.94. The van der Waals surface area contributed by atoms with Crippen LogP contribution in [0.5, 0.6) is 5.75 Å². The number of carbonyl (C=O) groups is 1. The number of fused-ring (bicyclic) bond motifs is 1. The van der Waals surface area contributed by atoms with Crippen molar-refractivity contribution in [2.75, 3.05) is 5.32 Å². The molecule has 0 bridgehead atoms. The monoisotopic (exact) mass is 277 g/mol. The van der Waals surface area contributed by atoms with Crippen molar-refractivity contribution in [1.29, 1.82) is 0 Å². The second kappa shape index (κ2) is 4.07. The molecule has 1 aromatic carbocycles. The van der Waals surface area contributed by atoms with Crippen molar-refractivity contribution >= 4 is 23.4 Å². The summed E-state index contributed by atoms with van der Waals surface area (Å²) >= 11 is 5.94. The summed E-state index contributed by atoms with van der Waals surface area (Å²) < 4.78 is 5.30. The lowest BCUT2D eigenvalue weighted by molar-refractivity contribution is 0.0710. The summed E-state index contributed by atoms with van der Waals surface area (Å²) in [6.45, 7) is 1.70. The number of hydrogen-bond donors (Lipinski definition) is 2. The van der Waals surface area contributed by atoms with Gasteiger partial charge >= 0.3 is 6.09 Å². The van der Waals surface area contributed by atoms with E-state index in [4.69, 9.17) is 16.3 Å². The summed E-state index contributed by atoms with van der Waals surface area (Å²) in [5, 5.41) is 12.7. The number of anilines is 1. The zero-order valence-corrected chi connectivity index (χ0v) is 11.0. The minimum Gasteiger partial charge on any atom is -0.506 e. The number of carbonyl (C=O) groups excluding carboxylic acids is 1. The van der Waals surface area contributed by atoms with Crippen LogP contribution in [0.25, 0.3) is 0 Å². The fourth-order valence-corrected chi connectivity index (χ4v) is 2.24. The average molecular weight is 278 g/mol. The molecule has 98 valence electrons. The molecule has 2 N–H and O–H groups in total. The van der Waals surface area contributed by atoms with E-state index >= 15 is 0 Å². The van der Waals surface area contributed by atoms with Crippen molar-refractivity contribution in [3.8, 4) is 17.6 Å². The van der Waals surface area contributed by atoms with Gasteiger partial charge in [0.1, 0.15) is 5.75 Å². The molecule has 19 heavy (non-hydrogen) atoms. The van der Waals surface area contributed by atoms with E-state index in [1.807, 2.05) is 0 Å². The Bertz CT molecular complexity index is 628. The normalized spacial score (nSPS) is 24.6. The molecule has 1 amide bonds. The van der Waals surface area contributed by atoms with Crippen LogP contribution >= 0.6 is 11.6 Å². The predicted molar refractivity (Wildman–Crippen MR) is 71.1 cm³/mol. The molecule has 1 aromatic rings. The quantitative estimate of drug-likeness (QED) is 0.565. The van der Waals surface area contributed by atoms with Gasteiger partial charge in [0.2, 0.25) is 0 Å². The highest BCUT2D eigenvalue weighted by Crippen LogP contribution is 2.42. The van der Waals surface area contributed by atoms with Crippen molar-refractivity contribution < 1.29 is 14.6 Å². The third-order valence-electron chi connectivity index (χ3n) is 3.21. The number of benzene rings is 1. The SMILES string of the molecule is C[C@@]1(C#CC2CC2)OC(=O)Nc2c(O)cc(Cl)cc21. The maximum absolute atomic E-state index is 11.6. The van der Waals surface area contributed by atoms with Crippen molar-refractivity contribution in [2.45, 2.75) is 25.4 Å². The molecule has 0 radical (unpaired) electrons. The average Bonchev–Trinajstić information content (AvgIpc) is 3.12. The first kappa shape index (κ1) is 12.2. The molecule has 0 aromatic heterocycles.